The minimum absolute atomic E-state index is 0.570. The van der Waals surface area contributed by atoms with Crippen LogP contribution in [0.25, 0.3) is 11.0 Å². The first-order valence-electron chi connectivity index (χ1n) is 9.58. The summed E-state index contributed by atoms with van der Waals surface area (Å²) in [5.41, 5.74) is 0.577. The number of aliphatic hydroxyl groups is 1. The maximum Gasteiger partial charge on any atom is 0.240 e. The summed E-state index contributed by atoms with van der Waals surface area (Å²) in [6.07, 6.45) is 1.37. The van der Waals surface area contributed by atoms with E-state index in [1.807, 2.05) is 78.9 Å². The predicted octanol–water partition coefficient (Wildman–Crippen LogP) is 4.21. The molecule has 2 heterocycles. The molecule has 1 aliphatic heterocycles. The van der Waals surface area contributed by atoms with Crippen LogP contribution in [0.15, 0.2) is 78.9 Å². The highest BCUT2D eigenvalue weighted by Crippen LogP contribution is 2.56. The van der Waals surface area contributed by atoms with Gasteiger partial charge >= 0.3 is 0 Å². The molecule has 5 nitrogen and oxygen atoms in total. The Balaban J connectivity index is 1.86. The summed E-state index contributed by atoms with van der Waals surface area (Å²) in [5.74, 6) is 0.668. The molecule has 2 atom stereocenters. The summed E-state index contributed by atoms with van der Waals surface area (Å²) >= 11 is 0. The molecule has 0 spiro atoms. The van der Waals surface area contributed by atoms with Crippen molar-refractivity contribution in [2.24, 2.45) is 0 Å². The lowest BCUT2D eigenvalue weighted by atomic mass is 9.77. The Morgan fingerprint density at radius 3 is 2.46 bits per heavy atom. The number of nitrogens with zero attached hydrogens (tertiary/aromatic N) is 3. The predicted molar refractivity (Wildman–Crippen MR) is 107 cm³/mol. The third kappa shape index (κ3) is 2.11. The van der Waals surface area contributed by atoms with Crippen LogP contribution < -0.4 is 4.74 Å². The first-order chi connectivity index (χ1) is 13.7. The second-order valence-corrected chi connectivity index (χ2v) is 7.20. The molecule has 2 unspecified atom stereocenters. The van der Waals surface area contributed by atoms with E-state index in [4.69, 9.17) is 4.74 Å². The van der Waals surface area contributed by atoms with Crippen molar-refractivity contribution in [3.05, 3.63) is 90.0 Å². The molecule has 0 amide bonds. The maximum atomic E-state index is 12.4. The molecule has 5 rings (SSSR count). The number of hydrogen-bond donors (Lipinski definition) is 1. The Hall–Kier alpha value is -3.18. The molecule has 1 aromatic heterocycles. The summed E-state index contributed by atoms with van der Waals surface area (Å²) in [6.45, 7) is 2.08. The zero-order valence-corrected chi connectivity index (χ0v) is 15.6. The third-order valence-electron chi connectivity index (χ3n) is 5.60. The van der Waals surface area contributed by atoms with Gasteiger partial charge in [0.2, 0.25) is 5.72 Å². The molecule has 5 heteroatoms. The van der Waals surface area contributed by atoms with Crippen molar-refractivity contribution in [2.45, 2.75) is 31.1 Å². The molecule has 0 radical (unpaired) electrons. The minimum Gasteiger partial charge on any atom is -0.462 e. The molecular formula is C23H21N3O2. The molecule has 0 bridgehead atoms. The van der Waals surface area contributed by atoms with E-state index in [-0.39, 0.29) is 0 Å². The first kappa shape index (κ1) is 17.0. The van der Waals surface area contributed by atoms with Crippen LogP contribution in [0.4, 0.5) is 0 Å². The van der Waals surface area contributed by atoms with Crippen molar-refractivity contribution in [3.63, 3.8) is 0 Å². The number of para-hydroxylation sites is 2. The summed E-state index contributed by atoms with van der Waals surface area (Å²) in [4.78, 5) is 0. The van der Waals surface area contributed by atoms with Crippen molar-refractivity contribution < 1.29 is 9.84 Å². The average molecular weight is 371 g/mol. The van der Waals surface area contributed by atoms with Gasteiger partial charge in [-0.1, -0.05) is 79.2 Å². The summed E-state index contributed by atoms with van der Waals surface area (Å²) < 4.78 is 8.33. The Kier molecular flexibility index (Phi) is 3.74. The Morgan fingerprint density at radius 2 is 1.64 bits per heavy atom. The molecule has 0 aliphatic carbocycles. The highest BCUT2D eigenvalue weighted by atomic mass is 16.5. The van der Waals surface area contributed by atoms with E-state index < -0.39 is 11.3 Å². The third-order valence-corrected chi connectivity index (χ3v) is 5.60. The quantitative estimate of drug-likeness (QED) is 0.584. The lowest BCUT2D eigenvalue weighted by molar-refractivity contribution is -0.154. The van der Waals surface area contributed by atoms with Crippen molar-refractivity contribution >= 4 is 11.0 Å². The standard InChI is InChI=1S/C23H21N3O2/c1-2-16-22(26-20-14-8-7-13-19(20)24-25-26)23(27,17-10-4-3-5-11-17)18-12-6-9-15-21(18)28-22/h3-15,27H,2,16H2,1H3. The number of rotatable bonds is 4. The maximum absolute atomic E-state index is 12.4. The van der Waals surface area contributed by atoms with Gasteiger partial charge < -0.3 is 9.84 Å². The average Bonchev–Trinajstić information content (AvgIpc) is 3.28. The van der Waals surface area contributed by atoms with Gasteiger partial charge in [0.15, 0.2) is 5.60 Å². The SMILES string of the molecule is CCCC1(n2nnc3ccccc32)Oc2ccccc2C1(O)c1ccccc1. The van der Waals surface area contributed by atoms with Gasteiger partial charge in [-0.2, -0.15) is 4.68 Å². The molecule has 0 saturated carbocycles. The van der Waals surface area contributed by atoms with E-state index in [0.717, 1.165) is 28.6 Å². The van der Waals surface area contributed by atoms with E-state index in [1.165, 1.54) is 0 Å². The fraction of sp³-hybridized carbons (Fsp3) is 0.217. The van der Waals surface area contributed by atoms with Crippen LogP contribution >= 0.6 is 0 Å². The van der Waals surface area contributed by atoms with Crippen LogP contribution in [0, 0.1) is 0 Å². The van der Waals surface area contributed by atoms with Gasteiger partial charge in [-0.25, -0.2) is 0 Å². The van der Waals surface area contributed by atoms with Crippen LogP contribution in [0.5, 0.6) is 5.75 Å². The monoisotopic (exact) mass is 371 g/mol. The second-order valence-electron chi connectivity index (χ2n) is 7.20. The van der Waals surface area contributed by atoms with Gasteiger partial charge in [0.1, 0.15) is 11.3 Å². The van der Waals surface area contributed by atoms with Crippen molar-refractivity contribution in [1.82, 2.24) is 15.0 Å². The lowest BCUT2D eigenvalue weighted by Gasteiger charge is -2.41. The van der Waals surface area contributed by atoms with Crippen molar-refractivity contribution in [3.8, 4) is 5.75 Å². The van der Waals surface area contributed by atoms with E-state index >= 15 is 0 Å². The molecular weight excluding hydrogens is 350 g/mol. The molecule has 0 saturated heterocycles. The summed E-state index contributed by atoms with van der Waals surface area (Å²) in [5, 5.41) is 21.2. The van der Waals surface area contributed by atoms with Gasteiger partial charge in [-0.15, -0.1) is 5.10 Å². The number of benzene rings is 3. The lowest BCUT2D eigenvalue weighted by Crippen LogP contribution is -2.54. The highest BCUT2D eigenvalue weighted by Gasteiger charge is 2.62. The van der Waals surface area contributed by atoms with Crippen molar-refractivity contribution in [2.75, 3.05) is 0 Å². The Bertz CT molecular complexity index is 1140. The fourth-order valence-electron chi connectivity index (χ4n) is 4.39. The molecule has 3 aromatic carbocycles. The topological polar surface area (TPSA) is 60.2 Å². The number of aromatic nitrogens is 3. The van der Waals surface area contributed by atoms with E-state index in [0.29, 0.717) is 12.2 Å². The number of fused-ring (bicyclic) bond motifs is 2. The largest absolute Gasteiger partial charge is 0.462 e. The normalized spacial score (nSPS) is 23.5. The first-order valence-corrected chi connectivity index (χ1v) is 9.58. The summed E-state index contributed by atoms with van der Waals surface area (Å²) in [7, 11) is 0. The smallest absolute Gasteiger partial charge is 0.240 e. The Morgan fingerprint density at radius 1 is 0.929 bits per heavy atom. The number of hydrogen-bond acceptors (Lipinski definition) is 4. The second kappa shape index (κ2) is 6.17. The molecule has 4 aromatic rings. The molecule has 28 heavy (non-hydrogen) atoms. The fourth-order valence-corrected chi connectivity index (χ4v) is 4.39. The van der Waals surface area contributed by atoms with E-state index in [2.05, 4.69) is 17.2 Å². The van der Waals surface area contributed by atoms with E-state index in [9.17, 15) is 5.11 Å². The van der Waals surface area contributed by atoms with Crippen LogP contribution in [0.1, 0.15) is 30.9 Å². The van der Waals surface area contributed by atoms with Gasteiger partial charge in [-0.05, 0) is 23.8 Å². The zero-order chi connectivity index (χ0) is 19.2. The van der Waals surface area contributed by atoms with Crippen LogP contribution in [-0.4, -0.2) is 20.1 Å². The highest BCUT2D eigenvalue weighted by molar-refractivity contribution is 5.74. The zero-order valence-electron chi connectivity index (χ0n) is 15.6. The van der Waals surface area contributed by atoms with Crippen LogP contribution in [-0.2, 0) is 11.3 Å². The van der Waals surface area contributed by atoms with Gasteiger partial charge in [0.25, 0.3) is 0 Å². The van der Waals surface area contributed by atoms with Gasteiger partial charge in [0.05, 0.1) is 5.52 Å². The Labute approximate surface area is 163 Å². The van der Waals surface area contributed by atoms with Crippen LogP contribution in [0.3, 0.4) is 0 Å². The molecule has 140 valence electrons. The van der Waals surface area contributed by atoms with Crippen LogP contribution in [0.2, 0.25) is 0 Å². The van der Waals surface area contributed by atoms with Gasteiger partial charge in [0, 0.05) is 12.0 Å². The van der Waals surface area contributed by atoms with Crippen molar-refractivity contribution in [1.29, 1.82) is 0 Å². The summed E-state index contributed by atoms with van der Waals surface area (Å²) in [6, 6.07) is 25.1. The molecule has 1 N–H and O–H groups in total. The molecule has 1 aliphatic rings. The number of ether oxygens (including phenoxy) is 1. The minimum atomic E-state index is -1.41. The molecule has 0 fully saturated rings. The van der Waals surface area contributed by atoms with E-state index in [1.54, 1.807) is 4.68 Å². The van der Waals surface area contributed by atoms with Gasteiger partial charge in [-0.3, -0.25) is 0 Å².